The van der Waals surface area contributed by atoms with Gasteiger partial charge < -0.3 is 5.73 Å². The summed E-state index contributed by atoms with van der Waals surface area (Å²) in [6.45, 7) is 0. The van der Waals surface area contributed by atoms with E-state index in [-0.39, 0.29) is 5.82 Å². The van der Waals surface area contributed by atoms with Crippen molar-refractivity contribution in [2.45, 2.75) is 6.42 Å². The molecule has 0 aliphatic heterocycles. The van der Waals surface area contributed by atoms with Crippen molar-refractivity contribution in [3.8, 4) is 0 Å². The second-order valence-electron chi connectivity index (χ2n) is 3.17. The molecule has 2 rings (SSSR count). The van der Waals surface area contributed by atoms with Gasteiger partial charge in [-0.1, -0.05) is 18.2 Å². The van der Waals surface area contributed by atoms with Crippen LogP contribution in [0.3, 0.4) is 0 Å². The van der Waals surface area contributed by atoms with Gasteiger partial charge in [0.1, 0.15) is 17.5 Å². The highest BCUT2D eigenvalue weighted by atomic mass is 19.1. The van der Waals surface area contributed by atoms with Crippen molar-refractivity contribution < 1.29 is 4.39 Å². The molecule has 0 unspecified atom stereocenters. The average Bonchev–Trinajstić information content (AvgIpc) is 2.22. The van der Waals surface area contributed by atoms with Crippen molar-refractivity contribution in [2.75, 3.05) is 5.73 Å². The maximum Gasteiger partial charge on any atom is 0.135 e. The number of aromatic nitrogens is 2. The molecule has 0 amide bonds. The Morgan fingerprint density at radius 2 is 2.00 bits per heavy atom. The minimum atomic E-state index is -0.247. The molecule has 3 nitrogen and oxygen atoms in total. The van der Waals surface area contributed by atoms with Gasteiger partial charge in [-0.2, -0.15) is 0 Å². The first-order valence-corrected chi connectivity index (χ1v) is 4.56. The second kappa shape index (κ2) is 4.04. The summed E-state index contributed by atoms with van der Waals surface area (Å²) < 4.78 is 13.3. The van der Waals surface area contributed by atoms with E-state index in [9.17, 15) is 4.39 Å². The number of nitrogens with zero attached hydrogens (tertiary/aromatic N) is 2. The summed E-state index contributed by atoms with van der Waals surface area (Å²) in [6, 6.07) is 8.16. The second-order valence-corrected chi connectivity index (χ2v) is 3.17. The smallest absolute Gasteiger partial charge is 0.135 e. The van der Waals surface area contributed by atoms with E-state index in [0.29, 0.717) is 23.6 Å². The third kappa shape index (κ3) is 2.28. The molecule has 0 bridgehead atoms. The SMILES string of the molecule is Nc1ccnc(Cc2ccccc2F)n1. The van der Waals surface area contributed by atoms with Gasteiger partial charge >= 0.3 is 0 Å². The van der Waals surface area contributed by atoms with Crippen molar-refractivity contribution in [2.24, 2.45) is 0 Å². The highest BCUT2D eigenvalue weighted by Gasteiger charge is 2.04. The predicted octanol–water partition coefficient (Wildman–Crippen LogP) is 1.79. The molecule has 2 N–H and O–H groups in total. The number of halogens is 1. The van der Waals surface area contributed by atoms with Crippen LogP contribution in [0.25, 0.3) is 0 Å². The molecule has 0 aliphatic carbocycles. The molecule has 4 heteroatoms. The number of hydrogen-bond acceptors (Lipinski definition) is 3. The van der Waals surface area contributed by atoms with Gasteiger partial charge in [-0.25, -0.2) is 14.4 Å². The third-order valence-electron chi connectivity index (χ3n) is 2.03. The van der Waals surface area contributed by atoms with Crippen molar-refractivity contribution in [1.82, 2.24) is 9.97 Å². The fraction of sp³-hybridized carbons (Fsp3) is 0.0909. The van der Waals surface area contributed by atoms with Crippen LogP contribution in [0.2, 0.25) is 0 Å². The molecule has 15 heavy (non-hydrogen) atoms. The van der Waals surface area contributed by atoms with E-state index in [0.717, 1.165) is 0 Å². The Morgan fingerprint density at radius 1 is 1.20 bits per heavy atom. The first-order valence-electron chi connectivity index (χ1n) is 4.56. The zero-order valence-electron chi connectivity index (χ0n) is 8.02. The Kier molecular flexibility index (Phi) is 2.58. The van der Waals surface area contributed by atoms with Crippen LogP contribution in [-0.2, 0) is 6.42 Å². The highest BCUT2D eigenvalue weighted by molar-refractivity contribution is 5.27. The van der Waals surface area contributed by atoms with Crippen LogP contribution in [-0.4, -0.2) is 9.97 Å². The lowest BCUT2D eigenvalue weighted by Crippen LogP contribution is -2.00. The predicted molar refractivity (Wildman–Crippen MR) is 55.7 cm³/mol. The van der Waals surface area contributed by atoms with Crippen molar-refractivity contribution in [1.29, 1.82) is 0 Å². The molecule has 1 aromatic heterocycles. The molecule has 0 aliphatic rings. The first-order chi connectivity index (χ1) is 7.25. The molecule has 1 aromatic carbocycles. The normalized spacial score (nSPS) is 10.2. The number of rotatable bonds is 2. The van der Waals surface area contributed by atoms with E-state index in [1.807, 2.05) is 0 Å². The van der Waals surface area contributed by atoms with E-state index in [4.69, 9.17) is 5.73 Å². The molecule has 0 spiro atoms. The van der Waals surface area contributed by atoms with Gasteiger partial charge in [0, 0.05) is 12.6 Å². The van der Waals surface area contributed by atoms with Crippen LogP contribution in [0.4, 0.5) is 10.2 Å². The number of nitrogens with two attached hydrogens (primary N) is 1. The van der Waals surface area contributed by atoms with E-state index in [2.05, 4.69) is 9.97 Å². The Labute approximate surface area is 86.8 Å². The lowest BCUT2D eigenvalue weighted by molar-refractivity contribution is 0.612. The number of hydrogen-bond donors (Lipinski definition) is 1. The van der Waals surface area contributed by atoms with Gasteiger partial charge in [0.2, 0.25) is 0 Å². The zero-order chi connectivity index (χ0) is 10.7. The molecular weight excluding hydrogens is 193 g/mol. The summed E-state index contributed by atoms with van der Waals surface area (Å²) in [7, 11) is 0. The lowest BCUT2D eigenvalue weighted by atomic mass is 10.1. The summed E-state index contributed by atoms with van der Waals surface area (Å²) in [5.41, 5.74) is 6.08. The van der Waals surface area contributed by atoms with E-state index >= 15 is 0 Å². The third-order valence-corrected chi connectivity index (χ3v) is 2.03. The lowest BCUT2D eigenvalue weighted by Gasteiger charge is -2.02. The largest absolute Gasteiger partial charge is 0.384 e. The number of benzene rings is 1. The average molecular weight is 203 g/mol. The molecule has 0 atom stereocenters. The van der Waals surface area contributed by atoms with Crippen molar-refractivity contribution in [3.05, 3.63) is 53.7 Å². The Morgan fingerprint density at radius 3 is 2.73 bits per heavy atom. The molecule has 0 fully saturated rings. The van der Waals surface area contributed by atoms with Gasteiger partial charge in [0.05, 0.1) is 0 Å². The molecule has 1 heterocycles. The summed E-state index contributed by atoms with van der Waals surface area (Å²) >= 11 is 0. The minimum absolute atomic E-state index is 0.247. The van der Waals surface area contributed by atoms with Crippen LogP contribution in [0, 0.1) is 5.82 Å². The van der Waals surface area contributed by atoms with Crippen LogP contribution in [0.15, 0.2) is 36.5 Å². The minimum Gasteiger partial charge on any atom is -0.384 e. The Balaban J connectivity index is 2.26. The topological polar surface area (TPSA) is 51.8 Å². The molecule has 0 radical (unpaired) electrons. The monoisotopic (exact) mass is 203 g/mol. The van der Waals surface area contributed by atoms with E-state index in [1.54, 1.807) is 30.5 Å². The van der Waals surface area contributed by atoms with Crippen LogP contribution in [0.1, 0.15) is 11.4 Å². The van der Waals surface area contributed by atoms with Gasteiger partial charge in [-0.15, -0.1) is 0 Å². The number of anilines is 1. The van der Waals surface area contributed by atoms with Crippen LogP contribution < -0.4 is 5.73 Å². The summed E-state index contributed by atoms with van der Waals surface area (Å²) in [5, 5.41) is 0. The van der Waals surface area contributed by atoms with Crippen molar-refractivity contribution >= 4 is 5.82 Å². The van der Waals surface area contributed by atoms with Crippen LogP contribution >= 0.6 is 0 Å². The van der Waals surface area contributed by atoms with Gasteiger partial charge in [0.15, 0.2) is 0 Å². The zero-order valence-corrected chi connectivity index (χ0v) is 8.02. The summed E-state index contributed by atoms with van der Waals surface area (Å²) in [4.78, 5) is 8.03. The van der Waals surface area contributed by atoms with E-state index in [1.165, 1.54) is 6.07 Å². The Hall–Kier alpha value is -1.97. The maximum atomic E-state index is 13.3. The standard InChI is InChI=1S/C11H10FN3/c12-9-4-2-1-3-8(9)7-11-14-6-5-10(13)15-11/h1-6H,7H2,(H2,13,14,15). The van der Waals surface area contributed by atoms with Crippen molar-refractivity contribution in [3.63, 3.8) is 0 Å². The first kappa shape index (κ1) is 9.58. The van der Waals surface area contributed by atoms with Gasteiger partial charge in [0.25, 0.3) is 0 Å². The molecule has 76 valence electrons. The molecule has 0 saturated heterocycles. The summed E-state index contributed by atoms with van der Waals surface area (Å²) in [6.07, 6.45) is 1.93. The van der Waals surface area contributed by atoms with Gasteiger partial charge in [-0.3, -0.25) is 0 Å². The molecular formula is C11H10FN3. The fourth-order valence-corrected chi connectivity index (χ4v) is 1.31. The van der Waals surface area contributed by atoms with Crippen LogP contribution in [0.5, 0.6) is 0 Å². The molecule has 0 saturated carbocycles. The highest BCUT2D eigenvalue weighted by Crippen LogP contribution is 2.10. The van der Waals surface area contributed by atoms with Gasteiger partial charge in [-0.05, 0) is 17.7 Å². The Bertz CT molecular complexity index is 471. The summed E-state index contributed by atoms with van der Waals surface area (Å²) in [5.74, 6) is 0.681. The fourth-order valence-electron chi connectivity index (χ4n) is 1.31. The maximum absolute atomic E-state index is 13.3. The molecule has 2 aromatic rings. The quantitative estimate of drug-likeness (QED) is 0.809. The van der Waals surface area contributed by atoms with E-state index < -0.39 is 0 Å². The number of nitrogen functional groups attached to an aromatic ring is 1.